The molecule has 3 nitrogen and oxygen atoms in total. The molecule has 0 fully saturated rings. The zero-order valence-electron chi connectivity index (χ0n) is 11.4. The van der Waals surface area contributed by atoms with E-state index in [1.165, 1.54) is 6.20 Å². The van der Waals surface area contributed by atoms with E-state index >= 15 is 0 Å². The Labute approximate surface area is 123 Å². The highest BCUT2D eigenvalue weighted by Crippen LogP contribution is 2.20. The summed E-state index contributed by atoms with van der Waals surface area (Å²) in [6, 6.07) is 20.9. The van der Waals surface area contributed by atoms with Crippen LogP contribution >= 0.6 is 0 Å². The van der Waals surface area contributed by atoms with Gasteiger partial charge in [0.2, 0.25) is 5.78 Å². The second-order valence-corrected chi connectivity index (χ2v) is 4.75. The molecule has 0 radical (unpaired) electrons. The molecule has 0 amide bonds. The predicted octanol–water partition coefficient (Wildman–Crippen LogP) is 3.56. The Morgan fingerprint density at radius 2 is 1.48 bits per heavy atom. The summed E-state index contributed by atoms with van der Waals surface area (Å²) in [5.74, 6) is -0.102. The van der Waals surface area contributed by atoms with Gasteiger partial charge in [0.15, 0.2) is 0 Å². The number of rotatable bonds is 3. The molecule has 0 unspecified atom stereocenters. The average Bonchev–Trinajstić information content (AvgIpc) is 2.56. The van der Waals surface area contributed by atoms with Crippen molar-refractivity contribution in [2.24, 2.45) is 0 Å². The van der Waals surface area contributed by atoms with E-state index in [0.29, 0.717) is 16.9 Å². The van der Waals surface area contributed by atoms with Crippen molar-refractivity contribution in [3.05, 3.63) is 84.2 Å². The fraction of sp³-hybridized carbons (Fsp3) is 0. The van der Waals surface area contributed by atoms with Crippen LogP contribution in [0.15, 0.2) is 72.9 Å². The van der Waals surface area contributed by atoms with E-state index in [1.54, 1.807) is 12.1 Å². The van der Waals surface area contributed by atoms with Crippen molar-refractivity contribution in [3.8, 4) is 11.1 Å². The van der Waals surface area contributed by atoms with E-state index in [-0.39, 0.29) is 5.78 Å². The first-order chi connectivity index (χ1) is 10.2. The number of nitrogen functional groups attached to an aromatic ring is 1. The number of nitrogens with zero attached hydrogens (tertiary/aromatic N) is 1. The van der Waals surface area contributed by atoms with Gasteiger partial charge in [-0.2, -0.15) is 0 Å². The minimum absolute atomic E-state index is 0.102. The molecule has 3 aromatic rings. The van der Waals surface area contributed by atoms with Gasteiger partial charge in [-0.05, 0) is 23.3 Å². The van der Waals surface area contributed by atoms with Gasteiger partial charge in [0.1, 0.15) is 5.69 Å². The maximum atomic E-state index is 12.3. The molecule has 0 aliphatic rings. The van der Waals surface area contributed by atoms with Crippen LogP contribution in [0.25, 0.3) is 11.1 Å². The van der Waals surface area contributed by atoms with Crippen LogP contribution in [0.1, 0.15) is 16.1 Å². The third-order valence-electron chi connectivity index (χ3n) is 3.27. The standard InChI is InChI=1S/C18H14N2O/c19-16-10-11-17(20-12-16)18(21)15-8-6-14(7-9-15)13-4-2-1-3-5-13/h1-12H,19H2. The SMILES string of the molecule is Nc1ccc(C(=O)c2ccc(-c3ccccc3)cc2)nc1. The molecule has 0 aliphatic carbocycles. The minimum atomic E-state index is -0.102. The molecule has 2 N–H and O–H groups in total. The average molecular weight is 274 g/mol. The summed E-state index contributed by atoms with van der Waals surface area (Å²) in [6.45, 7) is 0. The van der Waals surface area contributed by atoms with Gasteiger partial charge in [-0.1, -0.05) is 54.6 Å². The number of anilines is 1. The van der Waals surface area contributed by atoms with Crippen LogP contribution in [0.5, 0.6) is 0 Å². The molecule has 1 aromatic heterocycles. The second-order valence-electron chi connectivity index (χ2n) is 4.75. The zero-order chi connectivity index (χ0) is 14.7. The molecule has 0 aliphatic heterocycles. The Morgan fingerprint density at radius 1 is 0.810 bits per heavy atom. The van der Waals surface area contributed by atoms with Gasteiger partial charge >= 0.3 is 0 Å². The first kappa shape index (κ1) is 13.1. The van der Waals surface area contributed by atoms with Crippen molar-refractivity contribution in [2.45, 2.75) is 0 Å². The zero-order valence-corrected chi connectivity index (χ0v) is 11.4. The minimum Gasteiger partial charge on any atom is -0.397 e. The highest BCUT2D eigenvalue weighted by molar-refractivity contribution is 6.07. The van der Waals surface area contributed by atoms with E-state index in [9.17, 15) is 4.79 Å². The van der Waals surface area contributed by atoms with Crippen molar-refractivity contribution in [3.63, 3.8) is 0 Å². The van der Waals surface area contributed by atoms with Crippen molar-refractivity contribution < 1.29 is 4.79 Å². The summed E-state index contributed by atoms with van der Waals surface area (Å²) in [7, 11) is 0. The Morgan fingerprint density at radius 3 is 2.10 bits per heavy atom. The summed E-state index contributed by atoms with van der Waals surface area (Å²) in [5, 5.41) is 0. The largest absolute Gasteiger partial charge is 0.397 e. The van der Waals surface area contributed by atoms with E-state index in [4.69, 9.17) is 5.73 Å². The number of benzene rings is 2. The quantitative estimate of drug-likeness (QED) is 0.743. The summed E-state index contributed by atoms with van der Waals surface area (Å²) in [4.78, 5) is 16.4. The molecule has 1 heterocycles. The van der Waals surface area contributed by atoms with Crippen LogP contribution in [0.3, 0.4) is 0 Å². The Kier molecular flexibility index (Phi) is 3.48. The topological polar surface area (TPSA) is 56.0 Å². The molecule has 0 atom stereocenters. The normalized spacial score (nSPS) is 10.3. The number of carbonyl (C=O) groups is 1. The third kappa shape index (κ3) is 2.82. The van der Waals surface area contributed by atoms with E-state index in [2.05, 4.69) is 4.98 Å². The van der Waals surface area contributed by atoms with E-state index < -0.39 is 0 Å². The van der Waals surface area contributed by atoms with Gasteiger partial charge in [0, 0.05) is 5.56 Å². The number of nitrogens with two attached hydrogens (primary N) is 1. The first-order valence-electron chi connectivity index (χ1n) is 6.66. The Balaban J connectivity index is 1.87. The fourth-order valence-electron chi connectivity index (χ4n) is 2.13. The Bertz CT molecular complexity index is 747. The summed E-state index contributed by atoms with van der Waals surface area (Å²) in [5.41, 5.74) is 9.35. The molecular formula is C18H14N2O. The van der Waals surface area contributed by atoms with Crippen LogP contribution in [-0.4, -0.2) is 10.8 Å². The molecule has 2 aromatic carbocycles. The van der Waals surface area contributed by atoms with Gasteiger partial charge in [0.05, 0.1) is 11.9 Å². The molecule has 102 valence electrons. The van der Waals surface area contributed by atoms with Gasteiger partial charge < -0.3 is 5.73 Å². The maximum absolute atomic E-state index is 12.3. The van der Waals surface area contributed by atoms with Crippen LogP contribution in [0, 0.1) is 0 Å². The van der Waals surface area contributed by atoms with Gasteiger partial charge in [0.25, 0.3) is 0 Å². The number of hydrogen-bond acceptors (Lipinski definition) is 3. The van der Waals surface area contributed by atoms with Gasteiger partial charge in [-0.25, -0.2) is 0 Å². The van der Waals surface area contributed by atoms with E-state index in [1.807, 2.05) is 54.6 Å². The van der Waals surface area contributed by atoms with Gasteiger partial charge in [-0.15, -0.1) is 0 Å². The lowest BCUT2D eigenvalue weighted by Gasteiger charge is -2.04. The lowest BCUT2D eigenvalue weighted by molar-refractivity contribution is 0.103. The van der Waals surface area contributed by atoms with Gasteiger partial charge in [-0.3, -0.25) is 9.78 Å². The molecule has 0 saturated heterocycles. The number of ketones is 1. The smallest absolute Gasteiger partial charge is 0.211 e. The molecule has 21 heavy (non-hydrogen) atoms. The molecule has 3 rings (SSSR count). The van der Waals surface area contributed by atoms with Crippen molar-refractivity contribution in [1.29, 1.82) is 0 Å². The fourth-order valence-corrected chi connectivity index (χ4v) is 2.13. The van der Waals surface area contributed by atoms with Crippen LogP contribution in [0.2, 0.25) is 0 Å². The first-order valence-corrected chi connectivity index (χ1v) is 6.66. The van der Waals surface area contributed by atoms with E-state index in [0.717, 1.165) is 11.1 Å². The molecular weight excluding hydrogens is 260 g/mol. The molecule has 0 spiro atoms. The lowest BCUT2D eigenvalue weighted by Crippen LogP contribution is -2.04. The predicted molar refractivity (Wildman–Crippen MR) is 84.0 cm³/mol. The summed E-state index contributed by atoms with van der Waals surface area (Å²) in [6.07, 6.45) is 1.49. The lowest BCUT2D eigenvalue weighted by atomic mass is 10.0. The molecule has 3 heteroatoms. The number of hydrogen-bond donors (Lipinski definition) is 1. The summed E-state index contributed by atoms with van der Waals surface area (Å²) >= 11 is 0. The van der Waals surface area contributed by atoms with Crippen molar-refractivity contribution >= 4 is 11.5 Å². The maximum Gasteiger partial charge on any atom is 0.211 e. The molecule has 0 saturated carbocycles. The van der Waals surface area contributed by atoms with Crippen LogP contribution in [-0.2, 0) is 0 Å². The second kappa shape index (κ2) is 5.59. The highest BCUT2D eigenvalue weighted by Gasteiger charge is 2.10. The molecule has 0 bridgehead atoms. The van der Waals surface area contributed by atoms with Crippen molar-refractivity contribution in [2.75, 3.05) is 5.73 Å². The number of aromatic nitrogens is 1. The van der Waals surface area contributed by atoms with Crippen LogP contribution < -0.4 is 5.73 Å². The third-order valence-corrected chi connectivity index (χ3v) is 3.27. The Hall–Kier alpha value is -2.94. The van der Waals surface area contributed by atoms with Crippen molar-refractivity contribution in [1.82, 2.24) is 4.98 Å². The number of pyridine rings is 1. The summed E-state index contributed by atoms with van der Waals surface area (Å²) < 4.78 is 0. The van der Waals surface area contributed by atoms with Crippen LogP contribution in [0.4, 0.5) is 5.69 Å². The monoisotopic (exact) mass is 274 g/mol. The highest BCUT2D eigenvalue weighted by atomic mass is 16.1. The number of carbonyl (C=O) groups excluding carboxylic acids is 1.